The Morgan fingerprint density at radius 3 is 0.974 bits per heavy atom. The molecule has 2 atom stereocenters. The van der Waals surface area contributed by atoms with E-state index < -0.39 is 0 Å². The number of rotatable bonds is 29. The van der Waals surface area contributed by atoms with Crippen LogP contribution in [0.4, 0.5) is 0 Å². The summed E-state index contributed by atoms with van der Waals surface area (Å²) in [4.78, 5) is 0. The molecule has 6 N–H and O–H groups in total. The molecule has 238 valence electrons. The summed E-state index contributed by atoms with van der Waals surface area (Å²) in [6.07, 6.45) is 35.2. The molecule has 0 amide bonds. The van der Waals surface area contributed by atoms with Gasteiger partial charge in [0.25, 0.3) is 0 Å². The van der Waals surface area contributed by atoms with E-state index in [-0.39, 0.29) is 24.3 Å². The molecule has 39 heavy (non-hydrogen) atoms. The summed E-state index contributed by atoms with van der Waals surface area (Å²) < 4.78 is 0. The molecule has 0 aromatic rings. The molecule has 0 bridgehead atoms. The van der Waals surface area contributed by atoms with Crippen LogP contribution >= 0.6 is 0 Å². The summed E-state index contributed by atoms with van der Waals surface area (Å²) in [6.45, 7) is 8.90. The summed E-state index contributed by atoms with van der Waals surface area (Å²) in [6, 6.07) is 0. The molecular weight excluding hydrogens is 480 g/mol. The van der Waals surface area contributed by atoms with Crippen LogP contribution in [0.5, 0.6) is 0 Å². The number of aliphatic hydroxyl groups excluding tert-OH is 2. The molecule has 4 nitrogen and oxygen atoms in total. The predicted molar refractivity (Wildman–Crippen MR) is 175 cm³/mol. The molecule has 0 radical (unpaired) electrons. The van der Waals surface area contributed by atoms with Crippen LogP contribution in [0.15, 0.2) is 0 Å². The third-order valence-electron chi connectivity index (χ3n) is 8.33. The fourth-order valence-electron chi connectivity index (χ4n) is 5.23. The minimum Gasteiger partial charge on any atom is -0.394 e. The topological polar surface area (TPSA) is 92.5 Å². The Kier molecular flexibility index (Phi) is 32.4. The first-order valence-electron chi connectivity index (χ1n) is 17.6. The number of hydrogen-bond donors (Lipinski definition) is 4. The summed E-state index contributed by atoms with van der Waals surface area (Å²) >= 11 is 0. The molecule has 0 saturated carbocycles. The highest BCUT2D eigenvalue weighted by molar-refractivity contribution is 4.82. The average Bonchev–Trinajstić information content (AvgIpc) is 2.94. The van der Waals surface area contributed by atoms with Crippen molar-refractivity contribution in [1.82, 2.24) is 0 Å². The number of hydrogen-bond acceptors (Lipinski definition) is 4. The Morgan fingerprint density at radius 1 is 0.385 bits per heavy atom. The second-order valence-electron chi connectivity index (χ2n) is 13.0. The first-order valence-corrected chi connectivity index (χ1v) is 17.6. The average molecular weight is 557 g/mol. The summed E-state index contributed by atoms with van der Waals surface area (Å²) in [5.41, 5.74) is 11.5. The van der Waals surface area contributed by atoms with Gasteiger partial charge in [0.15, 0.2) is 0 Å². The van der Waals surface area contributed by atoms with Crippen LogP contribution in [-0.2, 0) is 0 Å². The molecule has 0 aliphatic carbocycles. The zero-order valence-electron chi connectivity index (χ0n) is 27.6. The van der Waals surface area contributed by atoms with Gasteiger partial charge in [-0.15, -0.1) is 0 Å². The van der Waals surface area contributed by atoms with Gasteiger partial charge in [-0.2, -0.15) is 0 Å². The predicted octanol–water partition coefficient (Wildman–Crippen LogP) is 9.96. The largest absolute Gasteiger partial charge is 0.394 e. The second-order valence-corrected chi connectivity index (χ2v) is 13.0. The Bertz CT molecular complexity index is 458. The molecule has 0 saturated heterocycles. The zero-order chi connectivity index (χ0) is 29.5. The number of aliphatic hydroxyl groups is 2. The van der Waals surface area contributed by atoms with Crippen LogP contribution in [0.2, 0.25) is 0 Å². The van der Waals surface area contributed by atoms with E-state index in [1.807, 2.05) is 6.92 Å². The maximum absolute atomic E-state index is 9.45. The minimum atomic E-state index is -0.362. The van der Waals surface area contributed by atoms with Crippen molar-refractivity contribution >= 4 is 0 Å². The Labute approximate surface area is 246 Å². The highest BCUT2D eigenvalue weighted by atomic mass is 16.3. The normalized spacial score (nSPS) is 14.5. The molecule has 4 heteroatoms. The fraction of sp³-hybridized carbons (Fsp3) is 1.00. The van der Waals surface area contributed by atoms with Crippen LogP contribution < -0.4 is 11.5 Å². The second kappa shape index (κ2) is 30.8. The molecule has 2 unspecified atom stereocenters. The van der Waals surface area contributed by atoms with Gasteiger partial charge in [0.1, 0.15) is 0 Å². The molecule has 0 aromatic carbocycles. The van der Waals surface area contributed by atoms with E-state index in [4.69, 9.17) is 16.6 Å². The third-order valence-corrected chi connectivity index (χ3v) is 8.33. The van der Waals surface area contributed by atoms with Crippen molar-refractivity contribution in [2.45, 2.75) is 212 Å². The van der Waals surface area contributed by atoms with Gasteiger partial charge in [0.2, 0.25) is 0 Å². The van der Waals surface area contributed by atoms with Gasteiger partial charge in [-0.3, -0.25) is 0 Å². The van der Waals surface area contributed by atoms with Crippen LogP contribution in [0.1, 0.15) is 201 Å². The minimum absolute atomic E-state index is 0.102. The third kappa shape index (κ3) is 32.2. The lowest BCUT2D eigenvalue weighted by Crippen LogP contribution is -2.43. The van der Waals surface area contributed by atoms with E-state index in [1.54, 1.807) is 0 Å². The van der Waals surface area contributed by atoms with Crippen molar-refractivity contribution < 1.29 is 10.2 Å². The van der Waals surface area contributed by atoms with Crippen LogP contribution in [0.25, 0.3) is 0 Å². The van der Waals surface area contributed by atoms with Crippen molar-refractivity contribution in [1.29, 1.82) is 0 Å². The Morgan fingerprint density at radius 2 is 0.667 bits per heavy atom. The zero-order valence-corrected chi connectivity index (χ0v) is 27.6. The fourth-order valence-corrected chi connectivity index (χ4v) is 5.23. The highest BCUT2D eigenvalue weighted by Gasteiger charge is 2.22. The van der Waals surface area contributed by atoms with Crippen molar-refractivity contribution in [2.75, 3.05) is 13.2 Å². The Balaban J connectivity index is 0. The maximum Gasteiger partial charge on any atom is 0.0611 e. The lowest BCUT2D eigenvalue weighted by Gasteiger charge is -2.27. The standard InChI is InChI=1S/C19H41NO.C16H35NO/c1-3-5-7-8-9-10-11-12-13-14-15-17-19(20,18-21)16-6-4-2;1-3-4-5-6-7-8-9-10-11-12-13-14-16(2,17)15-18/h21H,3-18,20H2,1-2H3;18H,3-15,17H2,1-2H3. The van der Waals surface area contributed by atoms with Gasteiger partial charge in [-0.05, 0) is 26.2 Å². The molecule has 0 aromatic heterocycles. The monoisotopic (exact) mass is 557 g/mol. The molecule has 0 rings (SSSR count). The molecule has 0 fully saturated rings. The highest BCUT2D eigenvalue weighted by Crippen LogP contribution is 2.20. The van der Waals surface area contributed by atoms with E-state index in [2.05, 4.69) is 20.8 Å². The quantitative estimate of drug-likeness (QED) is 0.0690. The van der Waals surface area contributed by atoms with E-state index in [1.165, 1.54) is 135 Å². The summed E-state index contributed by atoms with van der Waals surface area (Å²) in [5, 5.41) is 18.5. The van der Waals surface area contributed by atoms with Crippen LogP contribution in [0, 0.1) is 0 Å². The molecule has 0 aliphatic heterocycles. The van der Waals surface area contributed by atoms with Crippen molar-refractivity contribution in [2.24, 2.45) is 11.5 Å². The van der Waals surface area contributed by atoms with Gasteiger partial charge in [0, 0.05) is 11.1 Å². The smallest absolute Gasteiger partial charge is 0.0611 e. The summed E-state index contributed by atoms with van der Waals surface area (Å²) in [5.74, 6) is 0. The van der Waals surface area contributed by atoms with Crippen molar-refractivity contribution in [3.8, 4) is 0 Å². The van der Waals surface area contributed by atoms with E-state index in [0.717, 1.165) is 38.5 Å². The van der Waals surface area contributed by atoms with Gasteiger partial charge in [0.05, 0.1) is 13.2 Å². The SMILES string of the molecule is CCCCCCCCCCCCCC(C)(N)CO.CCCCCCCCCCCCCC(N)(CO)CCCC. The molecule has 0 spiro atoms. The van der Waals surface area contributed by atoms with Crippen molar-refractivity contribution in [3.63, 3.8) is 0 Å². The first kappa shape index (κ1) is 41.0. The molecular formula is C35H76N2O2. The van der Waals surface area contributed by atoms with Crippen LogP contribution in [0.3, 0.4) is 0 Å². The lowest BCUT2D eigenvalue weighted by molar-refractivity contribution is 0.172. The van der Waals surface area contributed by atoms with Gasteiger partial charge in [-0.25, -0.2) is 0 Å². The van der Waals surface area contributed by atoms with E-state index in [0.29, 0.717) is 0 Å². The number of nitrogens with two attached hydrogens (primary N) is 2. The lowest BCUT2D eigenvalue weighted by atomic mass is 9.88. The molecule has 0 aliphatic rings. The van der Waals surface area contributed by atoms with Crippen molar-refractivity contribution in [3.05, 3.63) is 0 Å². The van der Waals surface area contributed by atoms with Crippen LogP contribution in [-0.4, -0.2) is 34.5 Å². The van der Waals surface area contributed by atoms with Gasteiger partial charge < -0.3 is 21.7 Å². The number of unbranched alkanes of at least 4 members (excludes halogenated alkanes) is 21. The summed E-state index contributed by atoms with van der Waals surface area (Å²) in [7, 11) is 0. The molecule has 0 heterocycles. The van der Waals surface area contributed by atoms with Gasteiger partial charge >= 0.3 is 0 Å². The van der Waals surface area contributed by atoms with E-state index >= 15 is 0 Å². The first-order chi connectivity index (χ1) is 18.8. The van der Waals surface area contributed by atoms with E-state index in [9.17, 15) is 5.11 Å². The Hall–Kier alpha value is -0.160. The van der Waals surface area contributed by atoms with Gasteiger partial charge in [-0.1, -0.05) is 175 Å². The maximum atomic E-state index is 9.45.